The monoisotopic (exact) mass is 396 g/mol. The summed E-state index contributed by atoms with van der Waals surface area (Å²) >= 11 is 0. The van der Waals surface area contributed by atoms with E-state index in [1.807, 2.05) is 12.1 Å². The van der Waals surface area contributed by atoms with Crippen molar-refractivity contribution in [1.29, 1.82) is 0 Å². The Balaban J connectivity index is 1.55. The molecule has 3 rings (SSSR count). The largest absolute Gasteiger partial charge is 0.450 e. The Labute approximate surface area is 171 Å². The molecule has 1 fully saturated rings. The third-order valence-electron chi connectivity index (χ3n) is 5.01. The van der Waals surface area contributed by atoms with E-state index in [4.69, 9.17) is 4.74 Å². The fourth-order valence-corrected chi connectivity index (χ4v) is 3.31. The van der Waals surface area contributed by atoms with Crippen LogP contribution in [0.1, 0.15) is 42.6 Å². The predicted octanol–water partition coefficient (Wildman–Crippen LogP) is 3.74. The highest BCUT2D eigenvalue weighted by Crippen LogP contribution is 2.18. The first-order valence-corrected chi connectivity index (χ1v) is 10.1. The van der Waals surface area contributed by atoms with Gasteiger partial charge in [0.1, 0.15) is 0 Å². The van der Waals surface area contributed by atoms with Crippen molar-refractivity contribution in [2.24, 2.45) is 0 Å². The third kappa shape index (κ3) is 5.70. The van der Waals surface area contributed by atoms with Gasteiger partial charge in [0.15, 0.2) is 0 Å². The molecule has 2 N–H and O–H groups in total. The van der Waals surface area contributed by atoms with Crippen LogP contribution in [0.2, 0.25) is 0 Å². The summed E-state index contributed by atoms with van der Waals surface area (Å²) in [5, 5.41) is 6.33. The molecule has 1 saturated heterocycles. The molecule has 2 amide bonds. The molecular weight excluding hydrogens is 368 g/mol. The van der Waals surface area contributed by atoms with E-state index in [9.17, 15) is 9.59 Å². The van der Waals surface area contributed by atoms with Crippen LogP contribution in [0.25, 0.3) is 0 Å². The normalized spacial score (nSPS) is 14.3. The van der Waals surface area contributed by atoms with E-state index in [2.05, 4.69) is 34.7 Å². The Morgan fingerprint density at radius 2 is 1.83 bits per heavy atom. The zero-order valence-corrected chi connectivity index (χ0v) is 17.0. The average molecular weight is 396 g/mol. The Kier molecular flexibility index (Phi) is 7.05. The van der Waals surface area contributed by atoms with E-state index in [0.717, 1.165) is 17.8 Å². The average Bonchev–Trinajstić information content (AvgIpc) is 2.75. The Hall–Kier alpha value is -3.09. The zero-order chi connectivity index (χ0) is 20.6. The second-order valence-corrected chi connectivity index (χ2v) is 7.07. The number of hydrogen-bond acceptors (Lipinski definition) is 5. The Morgan fingerprint density at radius 3 is 2.48 bits per heavy atom. The van der Waals surface area contributed by atoms with Crippen LogP contribution in [0, 0.1) is 0 Å². The number of aryl methyl sites for hydroxylation is 1. The maximum Gasteiger partial charge on any atom is 0.409 e. The molecule has 0 atom stereocenters. The van der Waals surface area contributed by atoms with E-state index < -0.39 is 0 Å². The SMILES string of the molecule is CCOC(=O)N1CCC(NC(=O)c2cncc(Nc3ccc(CC)cc3)c2)CC1. The highest BCUT2D eigenvalue weighted by atomic mass is 16.6. The molecule has 0 spiro atoms. The minimum Gasteiger partial charge on any atom is -0.450 e. The van der Waals surface area contributed by atoms with Gasteiger partial charge in [0, 0.05) is 31.0 Å². The summed E-state index contributed by atoms with van der Waals surface area (Å²) in [7, 11) is 0. The number of ether oxygens (including phenoxy) is 1. The number of likely N-dealkylation sites (tertiary alicyclic amines) is 1. The first kappa shape index (κ1) is 20.6. The maximum absolute atomic E-state index is 12.6. The number of aromatic nitrogens is 1. The molecule has 7 nitrogen and oxygen atoms in total. The van der Waals surface area contributed by atoms with Crippen LogP contribution in [-0.4, -0.2) is 47.6 Å². The minimum atomic E-state index is -0.285. The van der Waals surface area contributed by atoms with Gasteiger partial charge in [-0.1, -0.05) is 19.1 Å². The topological polar surface area (TPSA) is 83.6 Å². The van der Waals surface area contributed by atoms with Crippen molar-refractivity contribution < 1.29 is 14.3 Å². The minimum absolute atomic E-state index is 0.0337. The van der Waals surface area contributed by atoms with Crippen molar-refractivity contribution in [3.63, 3.8) is 0 Å². The number of nitrogens with zero attached hydrogens (tertiary/aromatic N) is 2. The van der Waals surface area contributed by atoms with Gasteiger partial charge in [0.2, 0.25) is 0 Å². The molecule has 2 heterocycles. The molecule has 0 saturated carbocycles. The maximum atomic E-state index is 12.6. The molecule has 1 aliphatic heterocycles. The van der Waals surface area contributed by atoms with Crippen LogP contribution in [0.3, 0.4) is 0 Å². The van der Waals surface area contributed by atoms with Crippen LogP contribution in [0.4, 0.5) is 16.2 Å². The lowest BCUT2D eigenvalue weighted by molar-refractivity contribution is 0.0860. The van der Waals surface area contributed by atoms with Gasteiger partial charge >= 0.3 is 6.09 Å². The van der Waals surface area contributed by atoms with Gasteiger partial charge in [-0.3, -0.25) is 9.78 Å². The van der Waals surface area contributed by atoms with Crippen LogP contribution in [-0.2, 0) is 11.2 Å². The van der Waals surface area contributed by atoms with Crippen molar-refractivity contribution >= 4 is 23.4 Å². The summed E-state index contributed by atoms with van der Waals surface area (Å²) in [6.07, 6.45) is 5.39. The van der Waals surface area contributed by atoms with E-state index in [1.54, 1.807) is 30.3 Å². The zero-order valence-electron chi connectivity index (χ0n) is 17.0. The van der Waals surface area contributed by atoms with Crippen molar-refractivity contribution in [1.82, 2.24) is 15.2 Å². The van der Waals surface area contributed by atoms with E-state index in [-0.39, 0.29) is 18.0 Å². The molecule has 0 bridgehead atoms. The number of carbonyl (C=O) groups excluding carboxylic acids is 2. The van der Waals surface area contributed by atoms with Gasteiger partial charge < -0.3 is 20.3 Å². The van der Waals surface area contributed by atoms with Crippen LogP contribution in [0.15, 0.2) is 42.7 Å². The molecule has 7 heteroatoms. The highest BCUT2D eigenvalue weighted by molar-refractivity contribution is 5.95. The summed E-state index contributed by atoms with van der Waals surface area (Å²) in [6, 6.07) is 10.0. The second kappa shape index (κ2) is 9.91. The number of amides is 2. The van der Waals surface area contributed by atoms with Crippen LogP contribution in [0.5, 0.6) is 0 Å². The summed E-state index contributed by atoms with van der Waals surface area (Å²) in [6.45, 7) is 5.45. The molecule has 2 aromatic rings. The van der Waals surface area contributed by atoms with Gasteiger partial charge in [0.25, 0.3) is 5.91 Å². The molecular formula is C22H28N4O3. The molecule has 0 aliphatic carbocycles. The summed E-state index contributed by atoms with van der Waals surface area (Å²) in [4.78, 5) is 30.3. The smallest absolute Gasteiger partial charge is 0.409 e. The van der Waals surface area contributed by atoms with Gasteiger partial charge in [-0.15, -0.1) is 0 Å². The Bertz CT molecular complexity index is 830. The lowest BCUT2D eigenvalue weighted by atomic mass is 10.0. The Morgan fingerprint density at radius 1 is 1.10 bits per heavy atom. The van der Waals surface area contributed by atoms with Gasteiger partial charge in [-0.25, -0.2) is 4.79 Å². The van der Waals surface area contributed by atoms with Crippen LogP contribution < -0.4 is 10.6 Å². The standard InChI is InChI=1S/C22H28N4O3/c1-3-16-5-7-18(8-6-16)24-20-13-17(14-23-15-20)21(27)25-19-9-11-26(12-10-19)22(28)29-4-2/h5-8,13-15,19,24H,3-4,9-12H2,1-2H3,(H,25,27). The first-order valence-electron chi connectivity index (χ1n) is 10.1. The number of pyridine rings is 1. The first-order chi connectivity index (χ1) is 14.1. The van der Waals surface area contributed by atoms with Crippen molar-refractivity contribution in [2.45, 2.75) is 39.2 Å². The van der Waals surface area contributed by atoms with E-state index in [0.29, 0.717) is 38.1 Å². The number of anilines is 2. The van der Waals surface area contributed by atoms with Crippen molar-refractivity contribution in [2.75, 3.05) is 25.0 Å². The number of hydrogen-bond donors (Lipinski definition) is 2. The van der Waals surface area contributed by atoms with Gasteiger partial charge in [0.05, 0.1) is 24.1 Å². The number of nitrogens with one attached hydrogen (secondary N) is 2. The number of benzene rings is 1. The van der Waals surface area contributed by atoms with E-state index >= 15 is 0 Å². The number of piperidine rings is 1. The quantitative estimate of drug-likeness (QED) is 0.777. The lowest BCUT2D eigenvalue weighted by Gasteiger charge is -2.31. The lowest BCUT2D eigenvalue weighted by Crippen LogP contribution is -2.46. The number of rotatable bonds is 6. The fourth-order valence-electron chi connectivity index (χ4n) is 3.31. The summed E-state index contributed by atoms with van der Waals surface area (Å²) in [5.41, 5.74) is 3.50. The van der Waals surface area contributed by atoms with E-state index in [1.165, 1.54) is 5.56 Å². The second-order valence-electron chi connectivity index (χ2n) is 7.07. The fraction of sp³-hybridized carbons (Fsp3) is 0.409. The van der Waals surface area contributed by atoms with Crippen LogP contribution >= 0.6 is 0 Å². The van der Waals surface area contributed by atoms with Crippen molar-refractivity contribution in [3.05, 3.63) is 53.9 Å². The summed E-state index contributed by atoms with van der Waals surface area (Å²) in [5.74, 6) is -0.155. The number of carbonyl (C=O) groups is 2. The molecule has 29 heavy (non-hydrogen) atoms. The van der Waals surface area contributed by atoms with Gasteiger partial charge in [-0.05, 0) is 49.9 Å². The molecule has 0 radical (unpaired) electrons. The molecule has 1 aromatic heterocycles. The highest BCUT2D eigenvalue weighted by Gasteiger charge is 2.24. The van der Waals surface area contributed by atoms with Gasteiger partial charge in [-0.2, -0.15) is 0 Å². The molecule has 0 unspecified atom stereocenters. The van der Waals surface area contributed by atoms with Crippen molar-refractivity contribution in [3.8, 4) is 0 Å². The molecule has 154 valence electrons. The molecule has 1 aliphatic rings. The molecule has 1 aromatic carbocycles. The third-order valence-corrected chi connectivity index (χ3v) is 5.01. The summed E-state index contributed by atoms with van der Waals surface area (Å²) < 4.78 is 5.03. The predicted molar refractivity (Wildman–Crippen MR) is 112 cm³/mol.